The summed E-state index contributed by atoms with van der Waals surface area (Å²) in [5.41, 5.74) is 22.9. The minimum absolute atomic E-state index is 0.0850. The fourth-order valence-electron chi connectivity index (χ4n) is 3.52. The maximum atomic E-state index is 6.04. The van der Waals surface area contributed by atoms with Gasteiger partial charge in [0.15, 0.2) is 11.5 Å². The highest BCUT2D eigenvalue weighted by molar-refractivity contribution is 5.76. The Labute approximate surface area is 181 Å². The number of ether oxygens (including phenoxy) is 2. The standard InChI is InChI=1S/C24H25N5O2/c1-3-20-18(23(26)29-24(27)28-20)9-4-14(2)17-10-19(22-21(11-17)30-13-31-22)16-7-5-15(12-25)6-8-16/h5-8,10-11,14H,3,12-13,25H2,1-2H3,(H4,26,27,28,29)/t14-/m1/s1. The molecule has 0 saturated carbocycles. The molecule has 7 heteroatoms. The van der Waals surface area contributed by atoms with E-state index in [1.807, 2.05) is 44.2 Å². The summed E-state index contributed by atoms with van der Waals surface area (Å²) in [5, 5.41) is 0. The van der Waals surface area contributed by atoms with Crippen LogP contribution in [0.5, 0.6) is 11.5 Å². The van der Waals surface area contributed by atoms with Crippen molar-refractivity contribution in [1.29, 1.82) is 0 Å². The zero-order valence-corrected chi connectivity index (χ0v) is 17.6. The average molecular weight is 415 g/mol. The zero-order chi connectivity index (χ0) is 22.0. The fraction of sp³-hybridized carbons (Fsp3) is 0.250. The predicted molar refractivity (Wildman–Crippen MR) is 121 cm³/mol. The van der Waals surface area contributed by atoms with E-state index >= 15 is 0 Å². The molecule has 2 heterocycles. The molecule has 4 rings (SSSR count). The highest BCUT2D eigenvalue weighted by Crippen LogP contribution is 2.43. The Hall–Kier alpha value is -3.76. The highest BCUT2D eigenvalue weighted by Gasteiger charge is 2.22. The van der Waals surface area contributed by atoms with Gasteiger partial charge in [-0.3, -0.25) is 0 Å². The van der Waals surface area contributed by atoms with Crippen molar-refractivity contribution in [3.8, 4) is 34.5 Å². The topological polar surface area (TPSA) is 122 Å². The molecule has 3 aromatic rings. The number of nitrogen functional groups attached to an aromatic ring is 2. The molecule has 0 radical (unpaired) electrons. The molecule has 0 saturated heterocycles. The van der Waals surface area contributed by atoms with Crippen LogP contribution >= 0.6 is 0 Å². The van der Waals surface area contributed by atoms with Crippen molar-refractivity contribution in [3.05, 3.63) is 58.8 Å². The van der Waals surface area contributed by atoms with Gasteiger partial charge in [0, 0.05) is 18.0 Å². The number of aromatic nitrogens is 2. The lowest BCUT2D eigenvalue weighted by Gasteiger charge is -2.12. The van der Waals surface area contributed by atoms with Crippen LogP contribution in [-0.4, -0.2) is 16.8 Å². The lowest BCUT2D eigenvalue weighted by molar-refractivity contribution is 0.174. The van der Waals surface area contributed by atoms with Crippen molar-refractivity contribution in [2.45, 2.75) is 32.7 Å². The summed E-state index contributed by atoms with van der Waals surface area (Å²) in [4.78, 5) is 8.30. The molecule has 0 aliphatic carbocycles. The molecule has 0 fully saturated rings. The van der Waals surface area contributed by atoms with Gasteiger partial charge >= 0.3 is 0 Å². The monoisotopic (exact) mass is 415 g/mol. The maximum Gasteiger partial charge on any atom is 0.231 e. The van der Waals surface area contributed by atoms with Crippen molar-refractivity contribution >= 4 is 11.8 Å². The van der Waals surface area contributed by atoms with E-state index in [1.54, 1.807) is 0 Å². The summed E-state index contributed by atoms with van der Waals surface area (Å²) in [7, 11) is 0. The molecule has 1 aliphatic rings. The van der Waals surface area contributed by atoms with Crippen molar-refractivity contribution in [1.82, 2.24) is 9.97 Å². The predicted octanol–water partition coefficient (Wildman–Crippen LogP) is 3.21. The summed E-state index contributed by atoms with van der Waals surface area (Å²) in [6.45, 7) is 4.72. The summed E-state index contributed by atoms with van der Waals surface area (Å²) < 4.78 is 11.4. The second-order valence-electron chi connectivity index (χ2n) is 7.34. The van der Waals surface area contributed by atoms with Gasteiger partial charge in [-0.05, 0) is 42.2 Å². The van der Waals surface area contributed by atoms with Gasteiger partial charge in [0.05, 0.1) is 11.3 Å². The van der Waals surface area contributed by atoms with Crippen LogP contribution in [0.4, 0.5) is 11.8 Å². The van der Waals surface area contributed by atoms with Crippen LogP contribution in [0.15, 0.2) is 36.4 Å². The van der Waals surface area contributed by atoms with E-state index in [1.165, 1.54) is 0 Å². The van der Waals surface area contributed by atoms with Crippen molar-refractivity contribution in [2.75, 3.05) is 18.3 Å². The molecule has 2 aromatic carbocycles. The Bertz CT molecular complexity index is 1180. The number of fused-ring (bicyclic) bond motifs is 1. The van der Waals surface area contributed by atoms with E-state index in [9.17, 15) is 0 Å². The first-order chi connectivity index (χ1) is 15.0. The molecule has 6 N–H and O–H groups in total. The van der Waals surface area contributed by atoms with Gasteiger partial charge < -0.3 is 26.7 Å². The van der Waals surface area contributed by atoms with Gasteiger partial charge in [0.25, 0.3) is 0 Å². The van der Waals surface area contributed by atoms with Gasteiger partial charge in [0.2, 0.25) is 12.7 Å². The number of aryl methyl sites for hydroxylation is 1. The third kappa shape index (κ3) is 4.11. The van der Waals surface area contributed by atoms with Crippen LogP contribution in [0.2, 0.25) is 0 Å². The fourth-order valence-corrected chi connectivity index (χ4v) is 3.52. The Morgan fingerprint density at radius 3 is 2.58 bits per heavy atom. The molecule has 158 valence electrons. The van der Waals surface area contributed by atoms with Crippen LogP contribution in [0.25, 0.3) is 11.1 Å². The third-order valence-corrected chi connectivity index (χ3v) is 5.27. The van der Waals surface area contributed by atoms with Gasteiger partial charge in [-0.25, -0.2) is 4.98 Å². The van der Waals surface area contributed by atoms with Gasteiger partial charge in [-0.1, -0.05) is 43.0 Å². The second kappa shape index (κ2) is 8.54. The molecule has 1 aliphatic heterocycles. The summed E-state index contributed by atoms with van der Waals surface area (Å²) in [5.74, 6) is 8.27. The number of nitrogens with zero attached hydrogens (tertiary/aromatic N) is 2. The van der Waals surface area contributed by atoms with Crippen LogP contribution in [-0.2, 0) is 13.0 Å². The van der Waals surface area contributed by atoms with Crippen LogP contribution in [0.3, 0.4) is 0 Å². The van der Waals surface area contributed by atoms with E-state index in [2.05, 4.69) is 27.9 Å². The Morgan fingerprint density at radius 2 is 1.87 bits per heavy atom. The normalized spacial score (nSPS) is 12.9. The molecule has 0 spiro atoms. The van der Waals surface area contributed by atoms with E-state index in [0.717, 1.165) is 33.7 Å². The molecule has 1 aromatic heterocycles. The Morgan fingerprint density at radius 1 is 1.10 bits per heavy atom. The van der Waals surface area contributed by atoms with Crippen LogP contribution in [0.1, 0.15) is 42.1 Å². The number of hydrogen-bond acceptors (Lipinski definition) is 7. The molecular formula is C24H25N5O2. The number of anilines is 2. The molecule has 1 atom stereocenters. The molecular weight excluding hydrogens is 390 g/mol. The average Bonchev–Trinajstić information content (AvgIpc) is 3.26. The van der Waals surface area contributed by atoms with Gasteiger partial charge in [-0.2, -0.15) is 4.98 Å². The zero-order valence-electron chi connectivity index (χ0n) is 17.6. The smallest absolute Gasteiger partial charge is 0.231 e. The molecule has 31 heavy (non-hydrogen) atoms. The van der Waals surface area contributed by atoms with Crippen LogP contribution < -0.4 is 26.7 Å². The molecule has 0 unspecified atom stereocenters. The van der Waals surface area contributed by atoms with Gasteiger partial charge in [0.1, 0.15) is 5.82 Å². The third-order valence-electron chi connectivity index (χ3n) is 5.27. The number of benzene rings is 2. The second-order valence-corrected chi connectivity index (χ2v) is 7.34. The van der Waals surface area contributed by atoms with E-state index < -0.39 is 0 Å². The van der Waals surface area contributed by atoms with Crippen LogP contribution in [0, 0.1) is 11.8 Å². The van der Waals surface area contributed by atoms with E-state index in [0.29, 0.717) is 30.1 Å². The summed E-state index contributed by atoms with van der Waals surface area (Å²) in [6.07, 6.45) is 0.669. The minimum Gasteiger partial charge on any atom is -0.454 e. The van der Waals surface area contributed by atoms with E-state index in [-0.39, 0.29) is 18.7 Å². The first-order valence-electron chi connectivity index (χ1n) is 10.2. The Balaban J connectivity index is 1.72. The number of hydrogen-bond donors (Lipinski definition) is 3. The quantitative estimate of drug-likeness (QED) is 0.559. The highest BCUT2D eigenvalue weighted by atomic mass is 16.7. The van der Waals surface area contributed by atoms with Gasteiger partial charge in [-0.15, -0.1) is 0 Å². The maximum absolute atomic E-state index is 6.04. The molecule has 7 nitrogen and oxygen atoms in total. The molecule has 0 amide bonds. The largest absolute Gasteiger partial charge is 0.454 e. The lowest BCUT2D eigenvalue weighted by Crippen LogP contribution is -2.06. The van der Waals surface area contributed by atoms with E-state index in [4.69, 9.17) is 26.7 Å². The minimum atomic E-state index is -0.0850. The van der Waals surface area contributed by atoms with Crippen molar-refractivity contribution in [2.24, 2.45) is 5.73 Å². The first-order valence-corrected chi connectivity index (χ1v) is 10.2. The summed E-state index contributed by atoms with van der Waals surface area (Å²) in [6, 6.07) is 12.2. The molecule has 0 bridgehead atoms. The number of rotatable bonds is 4. The van der Waals surface area contributed by atoms with Crippen molar-refractivity contribution in [3.63, 3.8) is 0 Å². The summed E-state index contributed by atoms with van der Waals surface area (Å²) >= 11 is 0. The lowest BCUT2D eigenvalue weighted by atomic mass is 9.94. The van der Waals surface area contributed by atoms with Crippen molar-refractivity contribution < 1.29 is 9.47 Å². The Kier molecular flexibility index (Phi) is 5.65. The number of nitrogens with two attached hydrogens (primary N) is 3. The first kappa shape index (κ1) is 20.5. The SMILES string of the molecule is CCc1nc(N)nc(N)c1C#C[C@@H](C)c1cc2c(c(-c3ccc(CN)cc3)c1)OCO2.